The van der Waals surface area contributed by atoms with Crippen LogP contribution in [0.5, 0.6) is 0 Å². The van der Waals surface area contributed by atoms with Crippen molar-refractivity contribution >= 4 is 29.1 Å². The first-order valence-electron chi connectivity index (χ1n) is 6.70. The Labute approximate surface area is 127 Å². The molecule has 2 amide bonds. The summed E-state index contributed by atoms with van der Waals surface area (Å²) in [6.45, 7) is 2.14. The van der Waals surface area contributed by atoms with Crippen molar-refractivity contribution in [3.8, 4) is 0 Å². The third-order valence-corrected chi connectivity index (χ3v) is 3.57. The van der Waals surface area contributed by atoms with E-state index in [1.807, 2.05) is 0 Å². The molecule has 21 heavy (non-hydrogen) atoms. The maximum Gasteiger partial charge on any atom is 0.249 e. The molecule has 1 aromatic rings. The molecule has 2 unspecified atom stereocenters. The number of nitrogens with zero attached hydrogens (tertiary/aromatic N) is 1. The van der Waals surface area contributed by atoms with E-state index in [0.29, 0.717) is 18.7 Å². The van der Waals surface area contributed by atoms with Gasteiger partial charge in [0.05, 0.1) is 5.02 Å². The molecular weight excluding hydrogens is 297 g/mol. The Bertz CT molecular complexity index is 565. The minimum Gasteiger partial charge on any atom is -0.344 e. The van der Waals surface area contributed by atoms with Gasteiger partial charge in [0.25, 0.3) is 0 Å². The highest BCUT2D eigenvalue weighted by atomic mass is 35.5. The molecule has 1 heterocycles. The van der Waals surface area contributed by atoms with Gasteiger partial charge in [-0.15, -0.1) is 0 Å². The van der Waals surface area contributed by atoms with E-state index in [9.17, 15) is 14.0 Å². The second-order valence-electron chi connectivity index (χ2n) is 5.18. The van der Waals surface area contributed by atoms with Gasteiger partial charge in [0, 0.05) is 24.7 Å². The van der Waals surface area contributed by atoms with Gasteiger partial charge in [-0.3, -0.25) is 9.59 Å². The van der Waals surface area contributed by atoms with E-state index in [1.54, 1.807) is 13.0 Å². The van der Waals surface area contributed by atoms with Gasteiger partial charge in [-0.2, -0.15) is 0 Å². The van der Waals surface area contributed by atoms with E-state index >= 15 is 0 Å². The molecule has 0 radical (unpaired) electrons. The summed E-state index contributed by atoms with van der Waals surface area (Å²) in [6.07, 6.45) is 0.646. The fraction of sp³-hybridized carbons (Fsp3) is 0.429. The van der Waals surface area contributed by atoms with Gasteiger partial charge in [-0.05, 0) is 31.5 Å². The van der Waals surface area contributed by atoms with Crippen molar-refractivity contribution < 1.29 is 14.0 Å². The van der Waals surface area contributed by atoms with Crippen LogP contribution in [0.25, 0.3) is 0 Å². The number of benzene rings is 1. The maximum absolute atomic E-state index is 13.5. The highest BCUT2D eigenvalue weighted by Gasteiger charge is 2.33. The molecule has 114 valence electrons. The molecule has 1 aliphatic heterocycles. The van der Waals surface area contributed by atoms with E-state index in [2.05, 4.69) is 5.32 Å². The number of carbonyl (C=O) groups excluding carboxylic acids is 2. The van der Waals surface area contributed by atoms with E-state index in [4.69, 9.17) is 17.3 Å². The van der Waals surface area contributed by atoms with Crippen molar-refractivity contribution in [3.63, 3.8) is 0 Å². The molecule has 1 saturated heterocycles. The molecule has 7 heteroatoms. The topological polar surface area (TPSA) is 75.4 Å². The van der Waals surface area contributed by atoms with Gasteiger partial charge in [0.2, 0.25) is 11.8 Å². The Morgan fingerprint density at radius 1 is 1.62 bits per heavy atom. The van der Waals surface area contributed by atoms with E-state index in [1.165, 1.54) is 17.0 Å². The molecule has 2 atom stereocenters. The lowest BCUT2D eigenvalue weighted by atomic mass is 10.2. The largest absolute Gasteiger partial charge is 0.344 e. The molecule has 0 aromatic heterocycles. The van der Waals surface area contributed by atoms with Gasteiger partial charge in [0.15, 0.2) is 0 Å². The molecule has 2 rings (SSSR count). The highest BCUT2D eigenvalue weighted by molar-refractivity contribution is 6.30. The number of rotatable bonds is 4. The summed E-state index contributed by atoms with van der Waals surface area (Å²) in [4.78, 5) is 25.3. The Kier molecular flexibility index (Phi) is 4.80. The van der Waals surface area contributed by atoms with Gasteiger partial charge in [0.1, 0.15) is 11.9 Å². The van der Waals surface area contributed by atoms with Crippen molar-refractivity contribution in [2.24, 2.45) is 5.73 Å². The Balaban J connectivity index is 2.04. The molecule has 1 aliphatic rings. The normalized spacial score (nSPS) is 19.7. The van der Waals surface area contributed by atoms with Crippen molar-refractivity contribution in [2.45, 2.75) is 31.8 Å². The fourth-order valence-corrected chi connectivity index (χ4v) is 2.39. The number of hydrogen-bond acceptors (Lipinski definition) is 3. The monoisotopic (exact) mass is 313 g/mol. The second kappa shape index (κ2) is 6.41. The summed E-state index contributed by atoms with van der Waals surface area (Å²) in [5, 5.41) is 2.66. The van der Waals surface area contributed by atoms with E-state index in [0.717, 1.165) is 0 Å². The number of amides is 2. The van der Waals surface area contributed by atoms with Crippen molar-refractivity contribution in [2.75, 3.05) is 11.4 Å². The van der Waals surface area contributed by atoms with Crippen LogP contribution < -0.4 is 16.0 Å². The van der Waals surface area contributed by atoms with Crippen LogP contribution in [0, 0.1) is 5.82 Å². The summed E-state index contributed by atoms with van der Waals surface area (Å²) >= 11 is 5.62. The molecule has 3 N–H and O–H groups in total. The van der Waals surface area contributed by atoms with Crippen LogP contribution in [0.4, 0.5) is 10.1 Å². The molecule has 0 bridgehead atoms. The smallest absolute Gasteiger partial charge is 0.249 e. The van der Waals surface area contributed by atoms with Crippen molar-refractivity contribution in [1.82, 2.24) is 5.32 Å². The van der Waals surface area contributed by atoms with Crippen LogP contribution >= 0.6 is 11.6 Å². The Morgan fingerprint density at radius 3 is 2.95 bits per heavy atom. The molecule has 0 aliphatic carbocycles. The molecule has 0 spiro atoms. The predicted octanol–water partition coefficient (Wildman–Crippen LogP) is 1.44. The molecular formula is C14H17ClFN3O2. The molecule has 1 aromatic carbocycles. The number of carbonyl (C=O) groups is 2. The van der Waals surface area contributed by atoms with Gasteiger partial charge >= 0.3 is 0 Å². The number of halogens is 2. The molecule has 0 saturated carbocycles. The first-order chi connectivity index (χ1) is 9.88. The second-order valence-corrected chi connectivity index (χ2v) is 5.59. The van der Waals surface area contributed by atoms with Crippen LogP contribution in [0.1, 0.15) is 19.8 Å². The lowest BCUT2D eigenvalue weighted by Crippen LogP contribution is -2.43. The van der Waals surface area contributed by atoms with E-state index < -0.39 is 11.9 Å². The van der Waals surface area contributed by atoms with Crippen LogP contribution in [0.2, 0.25) is 5.02 Å². The number of nitrogens with two attached hydrogens (primary N) is 1. The zero-order valence-corrected chi connectivity index (χ0v) is 12.4. The fourth-order valence-electron chi connectivity index (χ4n) is 2.27. The quantitative estimate of drug-likeness (QED) is 0.883. The van der Waals surface area contributed by atoms with Gasteiger partial charge < -0.3 is 16.0 Å². The Morgan fingerprint density at radius 2 is 2.33 bits per heavy atom. The summed E-state index contributed by atoms with van der Waals surface area (Å²) in [7, 11) is 0. The lowest BCUT2D eigenvalue weighted by molar-refractivity contribution is -0.126. The average Bonchev–Trinajstić information content (AvgIpc) is 2.74. The predicted molar refractivity (Wildman–Crippen MR) is 78.6 cm³/mol. The summed E-state index contributed by atoms with van der Waals surface area (Å²) < 4.78 is 13.5. The summed E-state index contributed by atoms with van der Waals surface area (Å²) in [5.41, 5.74) is 5.98. The van der Waals surface area contributed by atoms with Crippen molar-refractivity contribution in [1.29, 1.82) is 0 Å². The number of nitrogens with one attached hydrogen (secondary N) is 1. The lowest BCUT2D eigenvalue weighted by Gasteiger charge is -2.18. The van der Waals surface area contributed by atoms with Crippen LogP contribution in [0.3, 0.4) is 0 Å². The minimum absolute atomic E-state index is 0.00665. The number of anilines is 1. The highest BCUT2D eigenvalue weighted by Crippen LogP contribution is 2.25. The third-order valence-electron chi connectivity index (χ3n) is 3.26. The SMILES string of the molecule is CC(N)CC(=O)NC1CCN(c2ccc(Cl)c(F)c2)C1=O. The maximum atomic E-state index is 13.5. The standard InChI is InChI=1S/C14H17ClFN3O2/c1-8(17)6-13(20)18-12-4-5-19(14(12)21)9-2-3-10(15)11(16)7-9/h2-3,7-8,12H,4-6,17H2,1H3,(H,18,20). The average molecular weight is 314 g/mol. The number of hydrogen-bond donors (Lipinski definition) is 2. The van der Waals surface area contributed by atoms with Crippen LogP contribution in [0.15, 0.2) is 18.2 Å². The molecule has 5 nitrogen and oxygen atoms in total. The first-order valence-corrected chi connectivity index (χ1v) is 7.07. The van der Waals surface area contributed by atoms with E-state index in [-0.39, 0.29) is 29.3 Å². The van der Waals surface area contributed by atoms with Crippen molar-refractivity contribution in [3.05, 3.63) is 29.0 Å². The minimum atomic E-state index is -0.588. The summed E-state index contributed by atoms with van der Waals surface area (Å²) in [5.74, 6) is -1.09. The summed E-state index contributed by atoms with van der Waals surface area (Å²) in [6, 6.07) is 3.35. The van der Waals surface area contributed by atoms with Gasteiger partial charge in [-0.25, -0.2) is 4.39 Å². The first kappa shape index (κ1) is 15.7. The Hall–Kier alpha value is -1.66. The van der Waals surface area contributed by atoms with Crippen LogP contribution in [-0.4, -0.2) is 30.4 Å². The van der Waals surface area contributed by atoms with Gasteiger partial charge in [-0.1, -0.05) is 11.6 Å². The third kappa shape index (κ3) is 3.71. The molecule has 1 fully saturated rings. The van der Waals surface area contributed by atoms with Crippen LogP contribution in [-0.2, 0) is 9.59 Å². The zero-order valence-electron chi connectivity index (χ0n) is 11.6. The zero-order chi connectivity index (χ0) is 15.6.